The molecular formula is C28H41N3O4. The molecule has 2 bridgehead atoms. The summed E-state index contributed by atoms with van der Waals surface area (Å²) < 4.78 is 11.2. The molecule has 192 valence electrons. The second-order valence-corrected chi connectivity index (χ2v) is 11.4. The first-order chi connectivity index (χ1) is 17.0. The van der Waals surface area contributed by atoms with Crippen LogP contribution in [-0.2, 0) is 19.7 Å². The zero-order chi connectivity index (χ0) is 24.0. The molecule has 5 aliphatic heterocycles. The minimum absolute atomic E-state index is 0. The molecule has 0 aromatic heterocycles. The second kappa shape index (κ2) is 9.40. The van der Waals surface area contributed by atoms with Gasteiger partial charge in [0.05, 0.1) is 13.2 Å². The topological polar surface area (TPSA) is 62.3 Å². The first-order valence-electron chi connectivity index (χ1n) is 13.7. The van der Waals surface area contributed by atoms with Gasteiger partial charge in [0.25, 0.3) is 0 Å². The number of nitrogens with zero attached hydrogens (tertiary/aromatic N) is 3. The number of rotatable bonds is 2. The van der Waals surface area contributed by atoms with Crippen molar-refractivity contribution in [3.05, 3.63) is 29.8 Å². The van der Waals surface area contributed by atoms with Crippen molar-refractivity contribution in [2.24, 2.45) is 0 Å². The molecule has 0 saturated carbocycles. The fraction of sp³-hybridized carbons (Fsp3) is 0.714. The summed E-state index contributed by atoms with van der Waals surface area (Å²) in [4.78, 5) is 32.1. The molecule has 35 heavy (non-hydrogen) atoms. The Balaban J connectivity index is 0.00000267. The smallest absolute Gasteiger partial charge is 0.410 e. The zero-order valence-electron chi connectivity index (χ0n) is 21.0. The van der Waals surface area contributed by atoms with E-state index in [4.69, 9.17) is 9.47 Å². The van der Waals surface area contributed by atoms with Gasteiger partial charge in [0.1, 0.15) is 6.10 Å². The largest absolute Gasteiger partial charge is 0.444 e. The van der Waals surface area contributed by atoms with Crippen LogP contribution in [0.15, 0.2) is 24.3 Å². The van der Waals surface area contributed by atoms with Crippen molar-refractivity contribution >= 4 is 17.7 Å². The number of likely N-dealkylation sites (tertiary alicyclic amines) is 1. The molecule has 1 aromatic carbocycles. The average molecular weight is 484 g/mol. The Morgan fingerprint density at radius 3 is 2.26 bits per heavy atom. The van der Waals surface area contributed by atoms with Crippen LogP contribution in [0.3, 0.4) is 0 Å². The number of carbonyl (C=O) groups is 2. The van der Waals surface area contributed by atoms with Crippen LogP contribution in [0, 0.1) is 0 Å². The van der Waals surface area contributed by atoms with Crippen molar-refractivity contribution in [1.29, 1.82) is 0 Å². The van der Waals surface area contributed by atoms with Crippen LogP contribution in [0.1, 0.15) is 71.7 Å². The van der Waals surface area contributed by atoms with Crippen LogP contribution in [-0.4, -0.2) is 78.9 Å². The van der Waals surface area contributed by atoms with E-state index >= 15 is 0 Å². The predicted octanol–water partition coefficient (Wildman–Crippen LogP) is 4.33. The Hall–Kier alpha value is -2.12. The predicted molar refractivity (Wildman–Crippen MR) is 136 cm³/mol. The van der Waals surface area contributed by atoms with Crippen LogP contribution < -0.4 is 4.90 Å². The van der Waals surface area contributed by atoms with E-state index in [1.54, 1.807) is 6.92 Å². The number of amides is 2. The van der Waals surface area contributed by atoms with E-state index in [1.165, 1.54) is 5.56 Å². The van der Waals surface area contributed by atoms with Crippen molar-refractivity contribution in [2.75, 3.05) is 37.7 Å². The molecular weight excluding hydrogens is 442 g/mol. The number of hydrogen-bond acceptors (Lipinski definition) is 5. The number of para-hydroxylation sites is 1. The standard InChI is InChI=1S/C28H39N3O4.H2/c1-20(32)30-19-28(25-4-2-3-5-26(25)30)13-15-29(16-14-28)21-6-8-22-10-11-23(9-7-21)31(22)27(33)35-24-12-17-34-18-24;/h2-5,21-24H,6-19H2,1H3;1H/t21?,22?,23?,24-;/m0./s1. The first kappa shape index (κ1) is 23.3. The van der Waals surface area contributed by atoms with Crippen LogP contribution >= 0.6 is 0 Å². The number of benzene rings is 1. The Kier molecular flexibility index (Phi) is 6.25. The van der Waals surface area contributed by atoms with Gasteiger partial charge in [-0.15, -0.1) is 0 Å². The maximum atomic E-state index is 13.0. The highest BCUT2D eigenvalue weighted by Gasteiger charge is 2.47. The van der Waals surface area contributed by atoms with Crippen molar-refractivity contribution in [3.8, 4) is 0 Å². The van der Waals surface area contributed by atoms with Crippen molar-refractivity contribution in [2.45, 2.75) is 94.4 Å². The highest BCUT2D eigenvalue weighted by molar-refractivity contribution is 5.94. The summed E-state index contributed by atoms with van der Waals surface area (Å²) in [5.74, 6) is 0.149. The monoisotopic (exact) mass is 483 g/mol. The summed E-state index contributed by atoms with van der Waals surface area (Å²) in [7, 11) is 0. The Bertz CT molecular complexity index is 944. The zero-order valence-corrected chi connectivity index (χ0v) is 21.0. The molecule has 7 nitrogen and oxygen atoms in total. The SMILES string of the molecule is CC(=O)N1CC2(CCN(C3CCC4CCC(CC3)N4C(=O)O[C@H]3CCOC3)CC2)c2ccccc21.[HH]. The van der Waals surface area contributed by atoms with E-state index in [0.717, 1.165) is 83.1 Å². The van der Waals surface area contributed by atoms with E-state index in [1.807, 2.05) is 11.0 Å². The van der Waals surface area contributed by atoms with Crippen LogP contribution in [0.4, 0.5) is 10.5 Å². The average Bonchev–Trinajstić information content (AvgIpc) is 3.58. The van der Waals surface area contributed by atoms with Gasteiger partial charge in [-0.3, -0.25) is 4.79 Å². The minimum atomic E-state index is -0.110. The lowest BCUT2D eigenvalue weighted by Gasteiger charge is -2.44. The molecule has 1 spiro atoms. The third kappa shape index (κ3) is 4.25. The maximum absolute atomic E-state index is 13.0. The number of fused-ring (bicyclic) bond motifs is 4. The van der Waals surface area contributed by atoms with Crippen molar-refractivity contribution < 1.29 is 20.5 Å². The van der Waals surface area contributed by atoms with Gasteiger partial charge < -0.3 is 24.2 Å². The molecule has 4 saturated heterocycles. The molecule has 5 heterocycles. The molecule has 0 radical (unpaired) electrons. The highest BCUT2D eigenvalue weighted by atomic mass is 16.6. The van der Waals surface area contributed by atoms with Gasteiger partial charge in [0.2, 0.25) is 5.91 Å². The van der Waals surface area contributed by atoms with Gasteiger partial charge in [-0.25, -0.2) is 4.79 Å². The van der Waals surface area contributed by atoms with Gasteiger partial charge in [0, 0.05) is 50.5 Å². The van der Waals surface area contributed by atoms with Crippen LogP contribution in [0.2, 0.25) is 0 Å². The van der Waals surface area contributed by atoms with Gasteiger partial charge in [-0.05, 0) is 76.1 Å². The molecule has 5 aliphatic rings. The highest BCUT2D eigenvalue weighted by Crippen LogP contribution is 2.47. The molecule has 7 heteroatoms. The summed E-state index contributed by atoms with van der Waals surface area (Å²) in [6.45, 7) is 5.94. The summed E-state index contributed by atoms with van der Waals surface area (Å²) in [6, 6.07) is 9.76. The van der Waals surface area contributed by atoms with Crippen LogP contribution in [0.25, 0.3) is 0 Å². The summed E-state index contributed by atoms with van der Waals surface area (Å²) in [5, 5.41) is 0. The van der Waals surface area contributed by atoms with E-state index in [-0.39, 0.29) is 24.9 Å². The molecule has 0 aliphatic carbocycles. The lowest BCUT2D eigenvalue weighted by Crippen LogP contribution is -2.51. The summed E-state index contributed by atoms with van der Waals surface area (Å²) in [6.07, 6.45) is 9.51. The fourth-order valence-corrected chi connectivity index (χ4v) is 7.57. The quantitative estimate of drug-likeness (QED) is 0.627. The summed E-state index contributed by atoms with van der Waals surface area (Å²) >= 11 is 0. The molecule has 4 fully saturated rings. The third-order valence-electron chi connectivity index (χ3n) is 9.53. The number of hydrogen-bond donors (Lipinski definition) is 0. The number of piperidine rings is 1. The van der Waals surface area contributed by atoms with E-state index in [9.17, 15) is 9.59 Å². The summed E-state index contributed by atoms with van der Waals surface area (Å²) in [5.41, 5.74) is 2.59. The Morgan fingerprint density at radius 1 is 0.971 bits per heavy atom. The number of anilines is 1. The Labute approximate surface area is 210 Å². The lowest BCUT2D eigenvalue weighted by atomic mass is 9.74. The third-order valence-corrected chi connectivity index (χ3v) is 9.53. The fourth-order valence-electron chi connectivity index (χ4n) is 7.57. The Morgan fingerprint density at radius 2 is 1.63 bits per heavy atom. The van der Waals surface area contributed by atoms with Gasteiger partial charge in [0.15, 0.2) is 0 Å². The molecule has 2 amide bonds. The van der Waals surface area contributed by atoms with E-state index in [0.29, 0.717) is 31.3 Å². The normalized spacial score (nSPS) is 32.4. The van der Waals surface area contributed by atoms with E-state index < -0.39 is 0 Å². The van der Waals surface area contributed by atoms with Gasteiger partial charge in [-0.1, -0.05) is 18.2 Å². The molecule has 6 rings (SSSR count). The van der Waals surface area contributed by atoms with Gasteiger partial charge >= 0.3 is 6.09 Å². The van der Waals surface area contributed by atoms with Gasteiger partial charge in [-0.2, -0.15) is 0 Å². The lowest BCUT2D eigenvalue weighted by molar-refractivity contribution is -0.116. The van der Waals surface area contributed by atoms with Crippen LogP contribution in [0.5, 0.6) is 0 Å². The molecule has 0 N–H and O–H groups in total. The minimum Gasteiger partial charge on any atom is -0.444 e. The molecule has 3 atom stereocenters. The maximum Gasteiger partial charge on any atom is 0.410 e. The first-order valence-corrected chi connectivity index (χ1v) is 13.7. The van der Waals surface area contributed by atoms with Crippen molar-refractivity contribution in [3.63, 3.8) is 0 Å². The second-order valence-electron chi connectivity index (χ2n) is 11.4. The number of ether oxygens (including phenoxy) is 2. The molecule has 2 unspecified atom stereocenters. The van der Waals surface area contributed by atoms with Crippen molar-refractivity contribution in [1.82, 2.24) is 9.80 Å². The number of carbonyl (C=O) groups excluding carboxylic acids is 2. The molecule has 1 aromatic rings. The van der Waals surface area contributed by atoms with E-state index in [2.05, 4.69) is 28.0 Å².